The largest absolute Gasteiger partial charge is 0.337 e. The molecule has 9 nitrogen and oxygen atoms in total. The molecule has 28 heavy (non-hydrogen) atoms. The van der Waals surface area contributed by atoms with Crippen LogP contribution < -0.4 is 10.6 Å². The fraction of sp³-hybridized carbons (Fsp3) is 0.389. The van der Waals surface area contributed by atoms with Crippen molar-refractivity contribution < 1.29 is 13.7 Å². The number of amides is 2. The van der Waals surface area contributed by atoms with Crippen LogP contribution in [0.25, 0.3) is 5.69 Å². The van der Waals surface area contributed by atoms with E-state index in [0.29, 0.717) is 23.3 Å². The molecule has 0 atom stereocenters. The minimum absolute atomic E-state index is 0.0390. The van der Waals surface area contributed by atoms with E-state index in [0.717, 1.165) is 12.8 Å². The van der Waals surface area contributed by atoms with Crippen molar-refractivity contribution in [2.24, 2.45) is 0 Å². The fourth-order valence-electron chi connectivity index (χ4n) is 3.29. The first-order chi connectivity index (χ1) is 13.7. The summed E-state index contributed by atoms with van der Waals surface area (Å²) in [6.07, 6.45) is 8.69. The van der Waals surface area contributed by atoms with Crippen molar-refractivity contribution in [2.45, 2.75) is 44.6 Å². The van der Waals surface area contributed by atoms with Gasteiger partial charge in [0.2, 0.25) is 5.89 Å². The number of carbonyl (C=O) groups is 1. The van der Waals surface area contributed by atoms with Crippen LogP contribution in [0, 0.1) is 5.82 Å². The molecule has 0 bridgehead atoms. The molecule has 2 amide bonds. The summed E-state index contributed by atoms with van der Waals surface area (Å²) in [5.74, 6) is 0.804. The number of benzene rings is 1. The summed E-state index contributed by atoms with van der Waals surface area (Å²) in [5.41, 5.74) is 0.660. The zero-order valence-electron chi connectivity index (χ0n) is 15.1. The van der Waals surface area contributed by atoms with Crippen molar-refractivity contribution in [3.8, 4) is 5.69 Å². The summed E-state index contributed by atoms with van der Waals surface area (Å²) in [6, 6.07) is 3.75. The second-order valence-electron chi connectivity index (χ2n) is 6.72. The van der Waals surface area contributed by atoms with E-state index < -0.39 is 11.8 Å². The van der Waals surface area contributed by atoms with Crippen LogP contribution in [-0.2, 0) is 6.54 Å². The van der Waals surface area contributed by atoms with Crippen molar-refractivity contribution in [3.05, 3.63) is 48.4 Å². The van der Waals surface area contributed by atoms with Gasteiger partial charge in [0.15, 0.2) is 5.82 Å². The van der Waals surface area contributed by atoms with Crippen molar-refractivity contribution in [1.29, 1.82) is 0 Å². The van der Waals surface area contributed by atoms with Gasteiger partial charge in [-0.1, -0.05) is 24.4 Å². The Hall–Kier alpha value is -3.30. The van der Waals surface area contributed by atoms with E-state index in [4.69, 9.17) is 4.52 Å². The number of nitrogens with one attached hydrogen (secondary N) is 2. The Balaban J connectivity index is 1.35. The number of halogens is 1. The molecule has 0 aliphatic heterocycles. The summed E-state index contributed by atoms with van der Waals surface area (Å²) in [4.78, 5) is 16.5. The topological polar surface area (TPSA) is 111 Å². The predicted octanol–water partition coefficient (Wildman–Crippen LogP) is 3.16. The van der Waals surface area contributed by atoms with Crippen LogP contribution in [0.1, 0.15) is 49.7 Å². The number of hydrogen-bond acceptors (Lipinski definition) is 6. The molecule has 10 heteroatoms. The molecule has 0 radical (unpaired) electrons. The first-order valence-corrected chi connectivity index (χ1v) is 9.21. The van der Waals surface area contributed by atoms with Gasteiger partial charge in [-0.15, -0.1) is 10.2 Å². The molecule has 146 valence electrons. The maximum atomic E-state index is 14.0. The van der Waals surface area contributed by atoms with Gasteiger partial charge >= 0.3 is 6.03 Å². The summed E-state index contributed by atoms with van der Waals surface area (Å²) in [6.45, 7) is 0.0678. The smallest absolute Gasteiger partial charge is 0.319 e. The predicted molar refractivity (Wildman–Crippen MR) is 97.3 cm³/mol. The summed E-state index contributed by atoms with van der Waals surface area (Å²) in [7, 11) is 0. The minimum atomic E-state index is -0.572. The highest BCUT2D eigenvalue weighted by molar-refractivity contribution is 5.89. The molecule has 2 aromatic heterocycles. The molecule has 2 N–H and O–H groups in total. The maximum Gasteiger partial charge on any atom is 0.319 e. The second-order valence-corrected chi connectivity index (χ2v) is 6.72. The Bertz CT molecular complexity index is 935. The van der Waals surface area contributed by atoms with Crippen molar-refractivity contribution in [2.75, 3.05) is 5.32 Å². The van der Waals surface area contributed by atoms with E-state index in [9.17, 15) is 9.18 Å². The summed E-state index contributed by atoms with van der Waals surface area (Å²) >= 11 is 0. The molecule has 0 saturated heterocycles. The van der Waals surface area contributed by atoms with E-state index in [-0.39, 0.29) is 12.2 Å². The Morgan fingerprint density at radius 3 is 2.79 bits per heavy atom. The lowest BCUT2D eigenvalue weighted by Crippen LogP contribution is -2.28. The number of hydrogen-bond donors (Lipinski definition) is 2. The number of rotatable bonds is 5. The highest BCUT2D eigenvalue weighted by Crippen LogP contribution is 2.30. The van der Waals surface area contributed by atoms with Gasteiger partial charge in [-0.05, 0) is 31.0 Å². The molecule has 4 rings (SSSR count). The Morgan fingerprint density at radius 2 is 2.00 bits per heavy atom. The standard InChI is InChI=1S/C18H20FN7O2/c19-14-7-6-13(26-10-21-22-11-26)8-15(14)23-18(27)20-9-16-24-17(25-28-16)12-4-2-1-3-5-12/h6-8,10-12H,1-5,9H2,(H2,20,23,27). The van der Waals surface area contributed by atoms with Crippen molar-refractivity contribution >= 4 is 11.7 Å². The number of urea groups is 1. The Kier molecular flexibility index (Phi) is 5.27. The third-order valence-electron chi connectivity index (χ3n) is 4.77. The zero-order chi connectivity index (χ0) is 19.3. The average molecular weight is 385 g/mol. The molecule has 1 aromatic carbocycles. The molecule has 2 heterocycles. The van der Waals surface area contributed by atoms with Gasteiger partial charge in [0.1, 0.15) is 18.5 Å². The minimum Gasteiger partial charge on any atom is -0.337 e. The molecule has 1 fully saturated rings. The van der Waals surface area contributed by atoms with Crippen molar-refractivity contribution in [1.82, 2.24) is 30.2 Å². The molecule has 0 spiro atoms. The van der Waals surface area contributed by atoms with Gasteiger partial charge in [0.05, 0.1) is 17.9 Å². The van der Waals surface area contributed by atoms with Crippen LogP contribution in [0.3, 0.4) is 0 Å². The quantitative estimate of drug-likeness (QED) is 0.698. The number of carbonyl (C=O) groups excluding carboxylic acids is 1. The van der Waals surface area contributed by atoms with Crippen LogP contribution in [0.15, 0.2) is 35.4 Å². The lowest BCUT2D eigenvalue weighted by atomic mass is 9.89. The average Bonchev–Trinajstić information content (AvgIpc) is 3.41. The lowest BCUT2D eigenvalue weighted by molar-refractivity contribution is 0.249. The number of nitrogens with zero attached hydrogens (tertiary/aromatic N) is 5. The fourth-order valence-corrected chi connectivity index (χ4v) is 3.29. The molecule has 1 aliphatic carbocycles. The number of anilines is 1. The Labute approximate surface area is 160 Å². The summed E-state index contributed by atoms with van der Waals surface area (Å²) < 4.78 is 20.8. The van der Waals surface area contributed by atoms with E-state index in [2.05, 4.69) is 31.0 Å². The van der Waals surface area contributed by atoms with E-state index in [1.165, 1.54) is 44.0 Å². The van der Waals surface area contributed by atoms with Gasteiger partial charge in [-0.3, -0.25) is 4.57 Å². The monoisotopic (exact) mass is 385 g/mol. The third-order valence-corrected chi connectivity index (χ3v) is 4.77. The molecule has 3 aromatic rings. The van der Waals surface area contributed by atoms with Gasteiger partial charge in [0.25, 0.3) is 0 Å². The van der Waals surface area contributed by atoms with Gasteiger partial charge < -0.3 is 15.2 Å². The third kappa shape index (κ3) is 4.16. The molecular weight excluding hydrogens is 365 g/mol. The van der Waals surface area contributed by atoms with Gasteiger partial charge in [-0.2, -0.15) is 4.98 Å². The molecular formula is C18H20FN7O2. The van der Waals surface area contributed by atoms with E-state index >= 15 is 0 Å². The van der Waals surface area contributed by atoms with Crippen LogP contribution >= 0.6 is 0 Å². The maximum absolute atomic E-state index is 14.0. The van der Waals surface area contributed by atoms with E-state index in [1.54, 1.807) is 10.6 Å². The van der Waals surface area contributed by atoms with Crippen LogP contribution in [0.2, 0.25) is 0 Å². The van der Waals surface area contributed by atoms with Crippen molar-refractivity contribution in [3.63, 3.8) is 0 Å². The second kappa shape index (κ2) is 8.15. The van der Waals surface area contributed by atoms with Crippen LogP contribution in [-0.4, -0.2) is 30.9 Å². The summed E-state index contributed by atoms with van der Waals surface area (Å²) in [5, 5.41) is 16.5. The van der Waals surface area contributed by atoms with E-state index in [1.807, 2.05) is 0 Å². The SMILES string of the molecule is O=C(NCc1nc(C2CCCCC2)no1)Nc1cc(-n2cnnc2)ccc1F. The molecule has 0 unspecified atom stereocenters. The van der Waals surface area contributed by atoms with Crippen LogP contribution in [0.5, 0.6) is 0 Å². The first kappa shape index (κ1) is 18.1. The molecule has 1 saturated carbocycles. The zero-order valence-corrected chi connectivity index (χ0v) is 15.1. The molecule has 1 aliphatic rings. The van der Waals surface area contributed by atoms with Crippen LogP contribution in [0.4, 0.5) is 14.9 Å². The normalized spacial score (nSPS) is 14.8. The highest BCUT2D eigenvalue weighted by atomic mass is 19.1. The number of aromatic nitrogens is 5. The highest BCUT2D eigenvalue weighted by Gasteiger charge is 2.21. The Morgan fingerprint density at radius 1 is 1.21 bits per heavy atom. The van der Waals surface area contributed by atoms with Gasteiger partial charge in [-0.25, -0.2) is 9.18 Å². The first-order valence-electron chi connectivity index (χ1n) is 9.21. The van der Waals surface area contributed by atoms with Gasteiger partial charge in [0, 0.05) is 5.92 Å². The lowest BCUT2D eigenvalue weighted by Gasteiger charge is -2.17.